The van der Waals surface area contributed by atoms with Crippen molar-refractivity contribution in [1.29, 1.82) is 5.26 Å². The van der Waals surface area contributed by atoms with Crippen molar-refractivity contribution < 1.29 is 4.79 Å². The van der Waals surface area contributed by atoms with Crippen molar-refractivity contribution in [2.45, 2.75) is 64.3 Å². The Bertz CT molecular complexity index is 538. The summed E-state index contributed by atoms with van der Waals surface area (Å²) in [7, 11) is 0. The molecule has 1 aromatic heterocycles. The van der Waals surface area contributed by atoms with Gasteiger partial charge >= 0.3 is 0 Å². The average molecular weight is 319 g/mol. The monoisotopic (exact) mass is 319 g/mol. The second-order valence-corrected chi connectivity index (χ2v) is 7.25. The molecule has 0 bridgehead atoms. The molecule has 22 heavy (non-hydrogen) atoms. The Morgan fingerprint density at radius 2 is 1.91 bits per heavy atom. The van der Waals surface area contributed by atoms with E-state index in [2.05, 4.69) is 29.8 Å². The third kappa shape index (κ3) is 3.93. The number of aromatic nitrogens is 1. The van der Waals surface area contributed by atoms with Gasteiger partial charge < -0.3 is 0 Å². The van der Waals surface area contributed by atoms with Crippen molar-refractivity contribution >= 4 is 17.1 Å². The number of likely N-dealkylation sites (tertiary alicyclic amines) is 1. The van der Waals surface area contributed by atoms with E-state index in [4.69, 9.17) is 0 Å². The number of Topliss-reactive ketones (excluding diaryl/α,β-unsaturated/α-hetero) is 1. The third-order valence-corrected chi connectivity index (χ3v) is 5.32. The topological polar surface area (TPSA) is 57.0 Å². The van der Waals surface area contributed by atoms with E-state index in [9.17, 15) is 10.1 Å². The first kappa shape index (κ1) is 17.1. The minimum absolute atomic E-state index is 0.00550. The maximum atomic E-state index is 12.8. The molecule has 2 unspecified atom stereocenters. The van der Waals surface area contributed by atoms with Gasteiger partial charge in [-0.05, 0) is 38.8 Å². The molecule has 0 radical (unpaired) electrons. The Kier molecular flexibility index (Phi) is 6.10. The van der Waals surface area contributed by atoms with Gasteiger partial charge in [-0.3, -0.25) is 9.69 Å². The second-order valence-electron chi connectivity index (χ2n) is 6.36. The number of carbonyl (C=O) groups excluding carboxylic acids is 1. The van der Waals surface area contributed by atoms with Crippen LogP contribution in [0.15, 0.2) is 5.38 Å². The maximum absolute atomic E-state index is 12.8. The highest BCUT2D eigenvalue weighted by Gasteiger charge is 2.31. The van der Waals surface area contributed by atoms with Gasteiger partial charge in [-0.2, -0.15) is 5.26 Å². The number of thiazole rings is 1. The van der Waals surface area contributed by atoms with E-state index in [1.54, 1.807) is 0 Å². The zero-order valence-corrected chi connectivity index (χ0v) is 14.5. The Labute approximate surface area is 137 Å². The lowest BCUT2D eigenvalue weighted by molar-refractivity contribution is -0.124. The van der Waals surface area contributed by atoms with Crippen molar-refractivity contribution in [3.05, 3.63) is 16.1 Å². The van der Waals surface area contributed by atoms with Crippen LogP contribution >= 0.6 is 11.3 Å². The van der Waals surface area contributed by atoms with E-state index in [1.807, 2.05) is 12.3 Å². The summed E-state index contributed by atoms with van der Waals surface area (Å²) < 4.78 is 0. The molecule has 0 spiro atoms. The highest BCUT2D eigenvalue weighted by Crippen LogP contribution is 2.26. The first-order valence-corrected chi connectivity index (χ1v) is 9.05. The zero-order valence-electron chi connectivity index (χ0n) is 13.7. The van der Waals surface area contributed by atoms with Crippen LogP contribution in [-0.4, -0.2) is 34.8 Å². The van der Waals surface area contributed by atoms with Crippen molar-refractivity contribution in [2.75, 3.05) is 13.1 Å². The number of nitrogens with zero attached hydrogens (tertiary/aromatic N) is 3. The van der Waals surface area contributed by atoms with Crippen molar-refractivity contribution in [2.24, 2.45) is 0 Å². The molecule has 2 heterocycles. The Morgan fingerprint density at radius 1 is 1.27 bits per heavy atom. The van der Waals surface area contributed by atoms with E-state index in [-0.39, 0.29) is 11.8 Å². The molecular weight excluding hydrogens is 294 g/mol. The standard InChI is InChI=1S/C17H25N3OS/c1-12(2)15-11-22-17(19-15)14(10-18)16(21)13(3)20-8-6-4-5-7-9-20/h11-14H,4-9H2,1-3H3. The summed E-state index contributed by atoms with van der Waals surface area (Å²) >= 11 is 1.43. The van der Waals surface area contributed by atoms with Crippen LogP contribution < -0.4 is 0 Å². The maximum Gasteiger partial charge on any atom is 0.173 e. The van der Waals surface area contributed by atoms with Crippen LogP contribution in [0.25, 0.3) is 0 Å². The van der Waals surface area contributed by atoms with Gasteiger partial charge in [0, 0.05) is 5.38 Å². The molecule has 5 heteroatoms. The Balaban J connectivity index is 2.11. The predicted octanol–water partition coefficient (Wildman–Crippen LogP) is 3.71. The average Bonchev–Trinajstić information content (AvgIpc) is 2.83. The van der Waals surface area contributed by atoms with Gasteiger partial charge in [0.05, 0.1) is 17.8 Å². The van der Waals surface area contributed by atoms with Crippen LogP contribution in [0.1, 0.15) is 69.0 Å². The molecule has 0 aromatic carbocycles. The molecule has 1 aromatic rings. The number of hydrogen-bond acceptors (Lipinski definition) is 5. The van der Waals surface area contributed by atoms with Crippen LogP contribution in [0, 0.1) is 11.3 Å². The van der Waals surface area contributed by atoms with Crippen LogP contribution in [-0.2, 0) is 4.79 Å². The minimum atomic E-state index is -0.726. The quantitative estimate of drug-likeness (QED) is 0.830. The fourth-order valence-corrected chi connectivity index (χ4v) is 3.87. The molecule has 0 saturated carbocycles. The molecule has 2 atom stereocenters. The molecule has 1 fully saturated rings. The molecule has 1 aliphatic heterocycles. The minimum Gasteiger partial charge on any atom is -0.296 e. The van der Waals surface area contributed by atoms with E-state index in [0.29, 0.717) is 10.9 Å². The number of rotatable bonds is 5. The summed E-state index contributed by atoms with van der Waals surface area (Å²) in [5, 5.41) is 12.1. The summed E-state index contributed by atoms with van der Waals surface area (Å²) in [6.07, 6.45) is 4.76. The fraction of sp³-hybridized carbons (Fsp3) is 0.706. The highest BCUT2D eigenvalue weighted by molar-refractivity contribution is 7.10. The third-order valence-electron chi connectivity index (χ3n) is 4.39. The Hall–Kier alpha value is -1.25. The fourth-order valence-electron chi connectivity index (χ4n) is 2.84. The van der Waals surface area contributed by atoms with Gasteiger partial charge in [-0.25, -0.2) is 4.98 Å². The van der Waals surface area contributed by atoms with Gasteiger partial charge in [0.15, 0.2) is 11.7 Å². The highest BCUT2D eigenvalue weighted by atomic mass is 32.1. The SMILES string of the molecule is CC(C)c1csc(C(C#N)C(=O)C(C)N2CCCCCC2)n1. The van der Waals surface area contributed by atoms with Crippen LogP contribution in [0.5, 0.6) is 0 Å². The normalized spacial score (nSPS) is 19.4. The van der Waals surface area contributed by atoms with E-state index in [0.717, 1.165) is 31.6 Å². The summed E-state index contributed by atoms with van der Waals surface area (Å²) in [5.41, 5.74) is 0.968. The number of hydrogen-bond donors (Lipinski definition) is 0. The van der Waals surface area contributed by atoms with Gasteiger partial charge in [-0.1, -0.05) is 26.7 Å². The number of carbonyl (C=O) groups is 1. The summed E-state index contributed by atoms with van der Waals surface area (Å²) in [5.74, 6) is -0.410. The summed E-state index contributed by atoms with van der Waals surface area (Å²) in [4.78, 5) is 19.5. The Morgan fingerprint density at radius 3 is 2.41 bits per heavy atom. The molecule has 0 N–H and O–H groups in total. The van der Waals surface area contributed by atoms with E-state index < -0.39 is 5.92 Å². The molecule has 2 rings (SSSR count). The lowest BCUT2D eigenvalue weighted by Crippen LogP contribution is -2.41. The van der Waals surface area contributed by atoms with Crippen molar-refractivity contribution in [3.8, 4) is 6.07 Å². The first-order chi connectivity index (χ1) is 10.5. The largest absolute Gasteiger partial charge is 0.296 e. The van der Waals surface area contributed by atoms with Gasteiger partial charge in [0.2, 0.25) is 0 Å². The number of nitriles is 1. The molecule has 0 aliphatic carbocycles. The molecule has 1 saturated heterocycles. The second kappa shape index (κ2) is 7.85. The summed E-state index contributed by atoms with van der Waals surface area (Å²) in [6, 6.07) is 1.98. The molecule has 120 valence electrons. The predicted molar refractivity (Wildman–Crippen MR) is 89.1 cm³/mol. The first-order valence-electron chi connectivity index (χ1n) is 8.17. The zero-order chi connectivity index (χ0) is 16.1. The lowest BCUT2D eigenvalue weighted by atomic mass is 9.99. The van der Waals surface area contributed by atoms with Crippen molar-refractivity contribution in [3.63, 3.8) is 0 Å². The molecular formula is C17H25N3OS. The van der Waals surface area contributed by atoms with Gasteiger partial charge in [0.25, 0.3) is 0 Å². The smallest absolute Gasteiger partial charge is 0.173 e. The molecule has 4 nitrogen and oxygen atoms in total. The van der Waals surface area contributed by atoms with Crippen LogP contribution in [0.4, 0.5) is 0 Å². The van der Waals surface area contributed by atoms with Crippen LogP contribution in [0.2, 0.25) is 0 Å². The molecule has 0 amide bonds. The lowest BCUT2D eigenvalue weighted by Gasteiger charge is -2.27. The number of ketones is 1. The van der Waals surface area contributed by atoms with E-state index >= 15 is 0 Å². The molecule has 1 aliphatic rings. The van der Waals surface area contributed by atoms with Crippen LogP contribution in [0.3, 0.4) is 0 Å². The van der Waals surface area contributed by atoms with Gasteiger partial charge in [0.1, 0.15) is 5.01 Å². The van der Waals surface area contributed by atoms with E-state index in [1.165, 1.54) is 24.2 Å². The van der Waals surface area contributed by atoms with Gasteiger partial charge in [-0.15, -0.1) is 11.3 Å². The van der Waals surface area contributed by atoms with Crippen molar-refractivity contribution in [1.82, 2.24) is 9.88 Å². The summed E-state index contributed by atoms with van der Waals surface area (Å²) in [6.45, 7) is 8.00.